The summed E-state index contributed by atoms with van der Waals surface area (Å²) in [6, 6.07) is 4.94. The predicted molar refractivity (Wildman–Crippen MR) is 57.4 cm³/mol. The zero-order chi connectivity index (χ0) is 10.8. The summed E-state index contributed by atoms with van der Waals surface area (Å²) >= 11 is 0. The Hall–Kier alpha value is -1.09. The van der Waals surface area contributed by atoms with Gasteiger partial charge < -0.3 is 10.5 Å². The van der Waals surface area contributed by atoms with Crippen molar-refractivity contribution in [2.45, 2.75) is 38.3 Å². The van der Waals surface area contributed by atoms with Crippen LogP contribution in [0.25, 0.3) is 0 Å². The van der Waals surface area contributed by atoms with Gasteiger partial charge in [-0.1, -0.05) is 0 Å². The molecule has 1 aliphatic rings. The van der Waals surface area contributed by atoms with E-state index >= 15 is 0 Å². The molecule has 2 atom stereocenters. The summed E-state index contributed by atoms with van der Waals surface area (Å²) in [7, 11) is 0. The molecule has 0 amide bonds. The van der Waals surface area contributed by atoms with Crippen LogP contribution in [0, 0.1) is 12.7 Å². The van der Waals surface area contributed by atoms with Crippen molar-refractivity contribution >= 4 is 0 Å². The monoisotopic (exact) mass is 209 g/mol. The molecule has 0 aromatic heterocycles. The molecule has 1 aliphatic carbocycles. The van der Waals surface area contributed by atoms with Crippen LogP contribution in [0.4, 0.5) is 4.39 Å². The molecule has 82 valence electrons. The first-order valence-corrected chi connectivity index (χ1v) is 5.35. The van der Waals surface area contributed by atoms with Crippen LogP contribution >= 0.6 is 0 Å². The van der Waals surface area contributed by atoms with E-state index in [-0.39, 0.29) is 18.0 Å². The third-order valence-corrected chi connectivity index (χ3v) is 2.92. The molecule has 0 aliphatic heterocycles. The maximum absolute atomic E-state index is 13.0. The summed E-state index contributed by atoms with van der Waals surface area (Å²) in [5.74, 6) is 0.523. The van der Waals surface area contributed by atoms with Crippen molar-refractivity contribution < 1.29 is 9.13 Å². The van der Waals surface area contributed by atoms with E-state index in [9.17, 15) is 4.39 Å². The number of ether oxygens (including phenoxy) is 1. The number of benzene rings is 1. The molecule has 2 unspecified atom stereocenters. The molecule has 3 heteroatoms. The van der Waals surface area contributed by atoms with Crippen molar-refractivity contribution in [3.05, 3.63) is 29.6 Å². The third-order valence-electron chi connectivity index (χ3n) is 2.92. The summed E-state index contributed by atoms with van der Waals surface area (Å²) in [5.41, 5.74) is 6.51. The van der Waals surface area contributed by atoms with Crippen molar-refractivity contribution in [1.29, 1.82) is 0 Å². The Morgan fingerprint density at radius 1 is 1.40 bits per heavy atom. The number of aryl methyl sites for hydroxylation is 1. The van der Waals surface area contributed by atoms with Crippen LogP contribution in [0.15, 0.2) is 18.2 Å². The van der Waals surface area contributed by atoms with Crippen LogP contribution in [0.3, 0.4) is 0 Å². The van der Waals surface area contributed by atoms with Crippen LogP contribution < -0.4 is 10.5 Å². The molecule has 1 aromatic rings. The Morgan fingerprint density at radius 3 is 2.80 bits per heavy atom. The normalized spacial score (nSPS) is 25.5. The van der Waals surface area contributed by atoms with E-state index in [0.717, 1.165) is 25.0 Å². The van der Waals surface area contributed by atoms with Gasteiger partial charge in [-0.2, -0.15) is 0 Å². The highest BCUT2D eigenvalue weighted by molar-refractivity contribution is 5.29. The van der Waals surface area contributed by atoms with E-state index in [2.05, 4.69) is 0 Å². The second-order valence-corrected chi connectivity index (χ2v) is 4.16. The molecule has 2 N–H and O–H groups in total. The van der Waals surface area contributed by atoms with Gasteiger partial charge >= 0.3 is 0 Å². The highest BCUT2D eigenvalue weighted by Gasteiger charge is 2.25. The van der Waals surface area contributed by atoms with Gasteiger partial charge in [-0.3, -0.25) is 0 Å². The Bertz CT molecular complexity index is 353. The molecule has 2 rings (SSSR count). The van der Waals surface area contributed by atoms with Gasteiger partial charge in [0.1, 0.15) is 17.7 Å². The van der Waals surface area contributed by atoms with E-state index in [1.54, 1.807) is 19.1 Å². The second-order valence-electron chi connectivity index (χ2n) is 4.16. The van der Waals surface area contributed by atoms with Gasteiger partial charge in [0.2, 0.25) is 0 Å². The third kappa shape index (κ3) is 2.29. The van der Waals surface area contributed by atoms with E-state index < -0.39 is 0 Å². The molecule has 1 fully saturated rings. The number of hydrogen-bond acceptors (Lipinski definition) is 2. The summed E-state index contributed by atoms with van der Waals surface area (Å²) in [4.78, 5) is 0. The maximum atomic E-state index is 13.0. The predicted octanol–water partition coefficient (Wildman–Crippen LogP) is 2.39. The summed E-state index contributed by atoms with van der Waals surface area (Å²) in [6.07, 6.45) is 3.23. The van der Waals surface area contributed by atoms with Crippen molar-refractivity contribution in [3.8, 4) is 5.75 Å². The first-order valence-electron chi connectivity index (χ1n) is 5.35. The van der Waals surface area contributed by atoms with Gasteiger partial charge in [0.25, 0.3) is 0 Å². The molecule has 1 saturated carbocycles. The van der Waals surface area contributed by atoms with Crippen LogP contribution in [0.2, 0.25) is 0 Å². The van der Waals surface area contributed by atoms with Gasteiger partial charge in [-0.25, -0.2) is 4.39 Å². The Balaban J connectivity index is 2.07. The fourth-order valence-corrected chi connectivity index (χ4v) is 1.97. The number of nitrogens with two attached hydrogens (primary N) is 1. The van der Waals surface area contributed by atoms with Crippen LogP contribution in [-0.4, -0.2) is 12.1 Å². The minimum Gasteiger partial charge on any atom is -0.489 e. The lowest BCUT2D eigenvalue weighted by Gasteiger charge is -2.18. The average molecular weight is 209 g/mol. The number of hydrogen-bond donors (Lipinski definition) is 1. The summed E-state index contributed by atoms with van der Waals surface area (Å²) in [6.45, 7) is 1.73. The topological polar surface area (TPSA) is 35.2 Å². The highest BCUT2D eigenvalue weighted by atomic mass is 19.1. The molecular weight excluding hydrogens is 193 g/mol. The van der Waals surface area contributed by atoms with Crippen LogP contribution in [0.5, 0.6) is 5.75 Å². The second kappa shape index (κ2) is 4.19. The minimum atomic E-state index is -0.196. The Morgan fingerprint density at radius 2 is 2.20 bits per heavy atom. The molecular formula is C12H16FNO. The number of halogens is 1. The lowest BCUT2D eigenvalue weighted by Crippen LogP contribution is -2.33. The SMILES string of the molecule is Cc1cc(OC2CCCC2N)ccc1F. The summed E-state index contributed by atoms with van der Waals surface area (Å²) in [5, 5.41) is 0. The molecule has 0 spiro atoms. The average Bonchev–Trinajstić information content (AvgIpc) is 2.59. The highest BCUT2D eigenvalue weighted by Crippen LogP contribution is 2.24. The smallest absolute Gasteiger partial charge is 0.126 e. The molecule has 0 heterocycles. The van der Waals surface area contributed by atoms with Gasteiger partial charge in [-0.15, -0.1) is 0 Å². The molecule has 2 nitrogen and oxygen atoms in total. The number of rotatable bonds is 2. The van der Waals surface area contributed by atoms with Crippen molar-refractivity contribution in [2.24, 2.45) is 5.73 Å². The zero-order valence-electron chi connectivity index (χ0n) is 8.87. The van der Waals surface area contributed by atoms with Crippen molar-refractivity contribution in [3.63, 3.8) is 0 Å². The summed E-state index contributed by atoms with van der Waals surface area (Å²) < 4.78 is 18.7. The Labute approximate surface area is 89.2 Å². The largest absolute Gasteiger partial charge is 0.489 e. The Kier molecular flexibility index (Phi) is 2.91. The quantitative estimate of drug-likeness (QED) is 0.811. The van der Waals surface area contributed by atoms with E-state index in [1.165, 1.54) is 6.07 Å². The van der Waals surface area contributed by atoms with Crippen molar-refractivity contribution in [2.75, 3.05) is 0 Å². The minimum absolute atomic E-state index is 0.0925. The van der Waals surface area contributed by atoms with E-state index in [4.69, 9.17) is 10.5 Å². The first-order chi connectivity index (χ1) is 7.16. The maximum Gasteiger partial charge on any atom is 0.126 e. The van der Waals surface area contributed by atoms with Gasteiger partial charge in [0.05, 0.1) is 0 Å². The molecule has 0 radical (unpaired) electrons. The molecule has 0 saturated heterocycles. The molecule has 0 bridgehead atoms. The van der Waals surface area contributed by atoms with Gasteiger partial charge in [0, 0.05) is 6.04 Å². The van der Waals surface area contributed by atoms with E-state index in [1.807, 2.05) is 0 Å². The standard InChI is InChI=1S/C12H16FNO/c1-8-7-9(5-6-10(8)13)15-12-4-2-3-11(12)14/h5-7,11-12H,2-4,14H2,1H3. The first kappa shape index (κ1) is 10.4. The zero-order valence-corrected chi connectivity index (χ0v) is 8.87. The van der Waals surface area contributed by atoms with Gasteiger partial charge in [0.15, 0.2) is 0 Å². The fraction of sp³-hybridized carbons (Fsp3) is 0.500. The fourth-order valence-electron chi connectivity index (χ4n) is 1.97. The van der Waals surface area contributed by atoms with Crippen LogP contribution in [0.1, 0.15) is 24.8 Å². The lowest BCUT2D eigenvalue weighted by molar-refractivity contribution is 0.191. The molecule has 1 aromatic carbocycles. The van der Waals surface area contributed by atoms with Gasteiger partial charge in [-0.05, 0) is 49.9 Å². The molecule has 15 heavy (non-hydrogen) atoms. The van der Waals surface area contributed by atoms with Crippen molar-refractivity contribution in [1.82, 2.24) is 0 Å². The van der Waals surface area contributed by atoms with E-state index in [0.29, 0.717) is 5.56 Å². The van der Waals surface area contributed by atoms with Crippen LogP contribution in [-0.2, 0) is 0 Å². The lowest BCUT2D eigenvalue weighted by atomic mass is 10.2.